The number of nitrogens with zero attached hydrogens (tertiary/aromatic N) is 2. The first-order valence-corrected chi connectivity index (χ1v) is 10.1. The lowest BCUT2D eigenvalue weighted by Gasteiger charge is -2.30. The molecule has 7 nitrogen and oxygen atoms in total. The van der Waals surface area contributed by atoms with Gasteiger partial charge in [0.25, 0.3) is 15.9 Å². The van der Waals surface area contributed by atoms with Crippen molar-refractivity contribution in [1.29, 1.82) is 0 Å². The van der Waals surface area contributed by atoms with Crippen LogP contribution in [-0.4, -0.2) is 41.9 Å². The van der Waals surface area contributed by atoms with E-state index in [2.05, 4.69) is 10.2 Å². The van der Waals surface area contributed by atoms with Gasteiger partial charge >= 0.3 is 0 Å². The molecular formula is C15H20N4O3S2. The lowest BCUT2D eigenvalue weighted by molar-refractivity contribution is 0.0995. The highest BCUT2D eigenvalue weighted by Gasteiger charge is 2.31. The van der Waals surface area contributed by atoms with Crippen LogP contribution in [-0.2, 0) is 16.4 Å². The number of aromatic amines is 1. The van der Waals surface area contributed by atoms with Crippen LogP contribution in [0.2, 0.25) is 0 Å². The third-order valence-electron chi connectivity index (χ3n) is 4.32. The quantitative estimate of drug-likeness (QED) is 0.837. The van der Waals surface area contributed by atoms with Gasteiger partial charge in [0.05, 0.1) is 0 Å². The molecule has 0 unspecified atom stereocenters. The smallest absolute Gasteiger partial charge is 0.269 e. The van der Waals surface area contributed by atoms with Crippen molar-refractivity contribution in [1.82, 2.24) is 14.5 Å². The molecule has 9 heteroatoms. The van der Waals surface area contributed by atoms with E-state index in [0.717, 1.165) is 17.0 Å². The lowest BCUT2D eigenvalue weighted by Crippen LogP contribution is -2.37. The first-order chi connectivity index (χ1) is 11.4. The number of aryl methyl sites for hydroxylation is 1. The fourth-order valence-corrected chi connectivity index (χ4v) is 5.81. The van der Waals surface area contributed by atoms with Gasteiger partial charge in [0, 0.05) is 29.6 Å². The summed E-state index contributed by atoms with van der Waals surface area (Å²) in [5, 5.41) is 6.72. The van der Waals surface area contributed by atoms with Crippen molar-refractivity contribution in [2.45, 2.75) is 36.3 Å². The molecule has 3 N–H and O–H groups in total. The number of thiophene rings is 1. The highest BCUT2D eigenvalue weighted by molar-refractivity contribution is 7.91. The molecule has 0 aromatic carbocycles. The molecule has 3 heterocycles. The van der Waals surface area contributed by atoms with Crippen molar-refractivity contribution in [3.8, 4) is 0 Å². The van der Waals surface area contributed by atoms with E-state index in [-0.39, 0.29) is 11.6 Å². The van der Waals surface area contributed by atoms with Gasteiger partial charge < -0.3 is 5.73 Å². The lowest BCUT2D eigenvalue weighted by atomic mass is 9.94. The maximum Gasteiger partial charge on any atom is 0.269 e. The summed E-state index contributed by atoms with van der Waals surface area (Å²) in [6.07, 6.45) is 2.21. The van der Waals surface area contributed by atoms with E-state index >= 15 is 0 Å². The summed E-state index contributed by atoms with van der Waals surface area (Å²) in [7, 11) is -3.41. The van der Waals surface area contributed by atoms with Crippen LogP contribution in [0.4, 0.5) is 0 Å². The molecule has 0 spiro atoms. The number of carbonyl (C=O) groups excluding carboxylic acids is 1. The second-order valence-electron chi connectivity index (χ2n) is 5.83. The van der Waals surface area contributed by atoms with Gasteiger partial charge in [-0.25, -0.2) is 8.42 Å². The minimum Gasteiger partial charge on any atom is -0.364 e. The zero-order chi connectivity index (χ0) is 17.3. The standard InChI is InChI=1S/C15H20N4O3S2/c1-2-11-3-4-14(23-11)24(21,22)19-7-5-10(6-8-19)12-9-13(15(16)20)18-17-12/h3-4,9-10H,2,5-8H2,1H3,(H2,16,20)(H,17,18). The number of aromatic nitrogens is 2. The fraction of sp³-hybridized carbons (Fsp3) is 0.467. The molecular weight excluding hydrogens is 348 g/mol. The molecule has 1 aliphatic rings. The summed E-state index contributed by atoms with van der Waals surface area (Å²) in [6.45, 7) is 2.92. The largest absolute Gasteiger partial charge is 0.364 e. The number of nitrogens with one attached hydrogen (secondary N) is 1. The summed E-state index contributed by atoms with van der Waals surface area (Å²) in [5.74, 6) is -0.409. The number of sulfonamides is 1. The zero-order valence-corrected chi connectivity index (χ0v) is 15.0. The Morgan fingerprint density at radius 3 is 2.67 bits per heavy atom. The number of amides is 1. The van der Waals surface area contributed by atoms with Crippen LogP contribution in [0, 0.1) is 0 Å². The molecule has 2 aromatic heterocycles. The Kier molecular flexibility index (Phi) is 4.75. The zero-order valence-electron chi connectivity index (χ0n) is 13.4. The van der Waals surface area contributed by atoms with Gasteiger partial charge in [0.15, 0.2) is 0 Å². The molecule has 1 aliphatic heterocycles. The van der Waals surface area contributed by atoms with Gasteiger partial charge in [0.1, 0.15) is 9.90 Å². The van der Waals surface area contributed by atoms with Crippen LogP contribution in [0.5, 0.6) is 0 Å². The van der Waals surface area contributed by atoms with E-state index in [9.17, 15) is 13.2 Å². The topological polar surface area (TPSA) is 109 Å². The molecule has 1 fully saturated rings. The average molecular weight is 368 g/mol. The van der Waals surface area contributed by atoms with Crippen LogP contribution in [0.25, 0.3) is 0 Å². The Balaban J connectivity index is 1.68. The molecule has 0 atom stereocenters. The number of piperidine rings is 1. The first-order valence-electron chi connectivity index (χ1n) is 7.85. The van der Waals surface area contributed by atoms with Crippen molar-refractivity contribution in [2.75, 3.05) is 13.1 Å². The third kappa shape index (κ3) is 3.24. The number of hydrogen-bond donors (Lipinski definition) is 2. The van der Waals surface area contributed by atoms with E-state index in [1.165, 1.54) is 11.3 Å². The Labute approximate surface area is 144 Å². The van der Waals surface area contributed by atoms with E-state index in [1.807, 2.05) is 13.0 Å². The Morgan fingerprint density at radius 1 is 1.42 bits per heavy atom. The second-order valence-corrected chi connectivity index (χ2v) is 9.16. The molecule has 0 aliphatic carbocycles. The molecule has 3 rings (SSSR count). The first kappa shape index (κ1) is 17.1. The molecule has 2 aromatic rings. The van der Waals surface area contributed by atoms with Crippen LogP contribution < -0.4 is 5.73 Å². The van der Waals surface area contributed by atoms with Crippen LogP contribution in [0.3, 0.4) is 0 Å². The fourth-order valence-electron chi connectivity index (χ4n) is 2.89. The number of nitrogens with two attached hydrogens (primary N) is 1. The monoisotopic (exact) mass is 368 g/mol. The number of rotatable bonds is 5. The van der Waals surface area contributed by atoms with Crippen molar-refractivity contribution in [2.24, 2.45) is 5.73 Å². The van der Waals surface area contributed by atoms with Gasteiger partial charge in [-0.1, -0.05) is 6.92 Å². The van der Waals surface area contributed by atoms with Crippen LogP contribution in [0.1, 0.15) is 46.7 Å². The maximum absolute atomic E-state index is 12.7. The van der Waals surface area contributed by atoms with Gasteiger partial charge in [0.2, 0.25) is 0 Å². The minimum absolute atomic E-state index is 0.159. The van der Waals surface area contributed by atoms with E-state index in [0.29, 0.717) is 30.1 Å². The highest BCUT2D eigenvalue weighted by Crippen LogP contribution is 2.32. The molecule has 0 saturated carbocycles. The number of H-pyrrole nitrogens is 1. The Bertz CT molecular complexity index is 833. The van der Waals surface area contributed by atoms with Crippen molar-refractivity contribution >= 4 is 27.3 Å². The van der Waals surface area contributed by atoms with Gasteiger partial charge in [-0.15, -0.1) is 11.3 Å². The molecule has 0 radical (unpaired) electrons. The van der Waals surface area contributed by atoms with Gasteiger partial charge in [-0.05, 0) is 37.5 Å². The molecule has 1 amide bonds. The van der Waals surface area contributed by atoms with Gasteiger partial charge in [-0.3, -0.25) is 9.89 Å². The number of carbonyl (C=O) groups is 1. The predicted molar refractivity (Wildman–Crippen MR) is 91.5 cm³/mol. The molecule has 24 heavy (non-hydrogen) atoms. The number of primary amides is 1. The van der Waals surface area contributed by atoms with Crippen LogP contribution in [0.15, 0.2) is 22.4 Å². The van der Waals surface area contributed by atoms with Crippen molar-refractivity contribution in [3.63, 3.8) is 0 Å². The highest BCUT2D eigenvalue weighted by atomic mass is 32.2. The van der Waals surface area contributed by atoms with Crippen molar-refractivity contribution < 1.29 is 13.2 Å². The maximum atomic E-state index is 12.7. The SMILES string of the molecule is CCc1ccc(S(=O)(=O)N2CCC(c3cc(C(N)=O)n[nH]3)CC2)s1. The molecule has 130 valence electrons. The summed E-state index contributed by atoms with van der Waals surface area (Å²) in [5.41, 5.74) is 6.26. The Hall–Kier alpha value is -1.71. The van der Waals surface area contributed by atoms with Gasteiger partial charge in [-0.2, -0.15) is 9.40 Å². The third-order valence-corrected chi connectivity index (χ3v) is 7.92. The normalized spacial score (nSPS) is 17.2. The summed E-state index contributed by atoms with van der Waals surface area (Å²) in [4.78, 5) is 12.2. The molecule has 0 bridgehead atoms. The summed E-state index contributed by atoms with van der Waals surface area (Å²) >= 11 is 1.34. The predicted octanol–water partition coefficient (Wildman–Crippen LogP) is 1.70. The summed E-state index contributed by atoms with van der Waals surface area (Å²) in [6, 6.07) is 5.23. The summed E-state index contributed by atoms with van der Waals surface area (Å²) < 4.78 is 27.4. The van der Waals surface area contributed by atoms with E-state index in [1.54, 1.807) is 16.4 Å². The Morgan fingerprint density at radius 2 is 2.12 bits per heavy atom. The van der Waals surface area contributed by atoms with Crippen molar-refractivity contribution in [3.05, 3.63) is 34.5 Å². The average Bonchev–Trinajstić information content (AvgIpc) is 3.24. The van der Waals surface area contributed by atoms with E-state index < -0.39 is 15.9 Å². The minimum atomic E-state index is -3.41. The molecule has 1 saturated heterocycles. The second kappa shape index (κ2) is 6.66. The van der Waals surface area contributed by atoms with Crippen LogP contribution >= 0.6 is 11.3 Å². The number of hydrogen-bond acceptors (Lipinski definition) is 5. The van der Waals surface area contributed by atoms with E-state index in [4.69, 9.17) is 5.73 Å².